The van der Waals surface area contributed by atoms with Crippen LogP contribution in [0.4, 0.5) is 13.2 Å². The largest absolute Gasteiger partial charge is 0.490 e. The van der Waals surface area contributed by atoms with Gasteiger partial charge in [-0.2, -0.15) is 13.2 Å². The molecule has 0 saturated carbocycles. The zero-order valence-electron chi connectivity index (χ0n) is 16.3. The minimum Gasteiger partial charge on any atom is -0.481 e. The molecule has 0 aliphatic heterocycles. The van der Waals surface area contributed by atoms with Gasteiger partial charge in [0.2, 0.25) is 0 Å². The van der Waals surface area contributed by atoms with E-state index in [0.29, 0.717) is 29.4 Å². The average molecular weight is 479 g/mol. The van der Waals surface area contributed by atoms with Gasteiger partial charge in [-0.1, -0.05) is 51.9 Å². The summed E-state index contributed by atoms with van der Waals surface area (Å²) in [5.74, 6) is -1.15. The summed E-state index contributed by atoms with van der Waals surface area (Å²) >= 11 is 0. The molecule has 0 radical (unpaired) electrons. The maximum atomic E-state index is 12.2. The molecule has 0 fully saturated rings. The van der Waals surface area contributed by atoms with E-state index < -0.39 is 18.1 Å². The van der Waals surface area contributed by atoms with Crippen LogP contribution >= 0.6 is 21.6 Å². The highest BCUT2D eigenvalue weighted by Crippen LogP contribution is 2.25. The van der Waals surface area contributed by atoms with E-state index in [1.807, 2.05) is 30.3 Å². The van der Waals surface area contributed by atoms with Crippen molar-refractivity contribution in [3.05, 3.63) is 47.7 Å². The number of aliphatic carboxylic acids is 2. The highest BCUT2D eigenvalue weighted by molar-refractivity contribution is 8.76. The van der Waals surface area contributed by atoms with Gasteiger partial charge in [0.15, 0.2) is 0 Å². The minimum absolute atomic E-state index is 0.153. The van der Waals surface area contributed by atoms with Crippen molar-refractivity contribution in [3.8, 4) is 11.3 Å². The summed E-state index contributed by atoms with van der Waals surface area (Å²) in [6.45, 7) is 2.30. The third-order valence-electron chi connectivity index (χ3n) is 3.42. The lowest BCUT2D eigenvalue weighted by molar-refractivity contribution is -0.192. The van der Waals surface area contributed by atoms with Crippen molar-refractivity contribution in [2.45, 2.75) is 19.5 Å². The molecule has 2 aromatic rings. The smallest absolute Gasteiger partial charge is 0.481 e. The fourth-order valence-corrected chi connectivity index (χ4v) is 3.89. The Bertz CT molecular complexity index is 871. The lowest BCUT2D eigenvalue weighted by atomic mass is 10.1. The number of furan rings is 1. The number of halogens is 3. The van der Waals surface area contributed by atoms with Crippen molar-refractivity contribution in [1.82, 2.24) is 5.32 Å². The van der Waals surface area contributed by atoms with Crippen LogP contribution in [0.2, 0.25) is 0 Å². The van der Waals surface area contributed by atoms with E-state index >= 15 is 0 Å². The van der Waals surface area contributed by atoms with Gasteiger partial charge in [-0.15, -0.1) is 0 Å². The van der Waals surface area contributed by atoms with E-state index in [4.69, 9.17) is 19.4 Å². The van der Waals surface area contributed by atoms with E-state index in [1.165, 1.54) is 10.8 Å². The van der Waals surface area contributed by atoms with Gasteiger partial charge in [-0.3, -0.25) is 9.59 Å². The molecule has 0 aliphatic rings. The first-order valence-corrected chi connectivity index (χ1v) is 11.2. The van der Waals surface area contributed by atoms with Gasteiger partial charge < -0.3 is 19.9 Å². The lowest BCUT2D eigenvalue weighted by Gasteiger charge is -2.03. The van der Waals surface area contributed by atoms with Crippen LogP contribution in [-0.2, 0) is 9.59 Å². The molecule has 170 valence electrons. The van der Waals surface area contributed by atoms with Crippen LogP contribution in [0.25, 0.3) is 11.3 Å². The number of carboxylic acids is 2. The zero-order chi connectivity index (χ0) is 23.4. The molecule has 1 aromatic carbocycles. The summed E-state index contributed by atoms with van der Waals surface area (Å²) in [7, 11) is 3.05. The quantitative estimate of drug-likeness (QED) is 0.356. The predicted molar refractivity (Wildman–Crippen MR) is 112 cm³/mol. The molecule has 3 N–H and O–H groups in total. The molecule has 7 nitrogen and oxygen atoms in total. The second-order valence-electron chi connectivity index (χ2n) is 5.79. The van der Waals surface area contributed by atoms with Crippen LogP contribution in [0.3, 0.4) is 0 Å². The van der Waals surface area contributed by atoms with Crippen LogP contribution < -0.4 is 5.32 Å². The van der Waals surface area contributed by atoms with Gasteiger partial charge in [0.25, 0.3) is 5.91 Å². The number of hydrogen-bond donors (Lipinski definition) is 3. The number of carboxylic acid groups (broad SMARTS) is 2. The normalized spacial score (nSPS) is 10.7. The van der Waals surface area contributed by atoms with E-state index in [0.717, 1.165) is 11.3 Å². The maximum Gasteiger partial charge on any atom is 0.490 e. The maximum absolute atomic E-state index is 12.2. The highest BCUT2D eigenvalue weighted by Gasteiger charge is 2.38. The fourth-order valence-electron chi connectivity index (χ4n) is 2.00. The molecule has 2 rings (SSSR count). The summed E-state index contributed by atoms with van der Waals surface area (Å²) in [6.07, 6.45) is -4.93. The third-order valence-corrected chi connectivity index (χ3v) is 5.83. The zero-order valence-corrected chi connectivity index (χ0v) is 17.9. The number of carbonyl (C=O) groups is 3. The van der Waals surface area contributed by atoms with E-state index in [2.05, 4.69) is 5.32 Å². The van der Waals surface area contributed by atoms with E-state index in [1.54, 1.807) is 23.8 Å². The van der Waals surface area contributed by atoms with Crippen molar-refractivity contribution in [1.29, 1.82) is 0 Å². The van der Waals surface area contributed by atoms with Crippen molar-refractivity contribution >= 4 is 39.4 Å². The van der Waals surface area contributed by atoms with Crippen molar-refractivity contribution in [2.75, 3.05) is 18.1 Å². The Balaban J connectivity index is 0.000000592. The number of aryl methyl sites for hydroxylation is 1. The number of alkyl halides is 3. The molecule has 1 aromatic heterocycles. The van der Waals surface area contributed by atoms with Crippen LogP contribution in [-0.4, -0.2) is 52.3 Å². The molecule has 0 unspecified atom stereocenters. The van der Waals surface area contributed by atoms with Crippen molar-refractivity contribution in [3.63, 3.8) is 0 Å². The molecule has 12 heteroatoms. The summed E-state index contributed by atoms with van der Waals surface area (Å²) in [5.41, 5.74) is 1.47. The summed E-state index contributed by atoms with van der Waals surface area (Å²) in [4.78, 5) is 31.5. The van der Waals surface area contributed by atoms with Crippen molar-refractivity contribution < 1.29 is 42.2 Å². The Morgan fingerprint density at radius 2 is 1.65 bits per heavy atom. The summed E-state index contributed by atoms with van der Waals surface area (Å²) in [6, 6.07) is 11.4. The molecule has 1 amide bonds. The van der Waals surface area contributed by atoms with Gasteiger partial charge in [0.05, 0.1) is 12.0 Å². The lowest BCUT2D eigenvalue weighted by Crippen LogP contribution is -2.25. The van der Waals surface area contributed by atoms with Crippen LogP contribution in [0.1, 0.15) is 22.5 Å². The monoisotopic (exact) mass is 479 g/mol. The summed E-state index contributed by atoms with van der Waals surface area (Å²) < 4.78 is 37.4. The van der Waals surface area contributed by atoms with Gasteiger partial charge in [-0.25, -0.2) is 4.79 Å². The standard InChI is InChI=1S/C17H19NO4S2.C2HF3O2/c1-12-14(11-15(22-12)13-5-3-2-4-6-13)17(21)18-8-10-24-23-9-7-16(19)20;3-2(4,5)1(6)7/h2-6,11H,7-10H2,1H3,(H,18,21)(H,19,20);(H,6,7). The number of benzene rings is 1. The van der Waals surface area contributed by atoms with Crippen LogP contribution in [0.15, 0.2) is 40.8 Å². The van der Waals surface area contributed by atoms with E-state index in [-0.39, 0.29) is 12.3 Å². The first kappa shape index (κ1) is 26.4. The van der Waals surface area contributed by atoms with Crippen LogP contribution in [0.5, 0.6) is 0 Å². The Hall–Kier alpha value is -2.60. The first-order chi connectivity index (χ1) is 14.5. The molecular weight excluding hydrogens is 459 g/mol. The van der Waals surface area contributed by atoms with Gasteiger partial charge in [-0.05, 0) is 13.0 Å². The highest BCUT2D eigenvalue weighted by atomic mass is 33.1. The molecule has 1 heterocycles. The van der Waals surface area contributed by atoms with Gasteiger partial charge >= 0.3 is 18.1 Å². The molecule has 0 bridgehead atoms. The Morgan fingerprint density at radius 1 is 1.06 bits per heavy atom. The van der Waals surface area contributed by atoms with E-state index in [9.17, 15) is 22.8 Å². The average Bonchev–Trinajstić information content (AvgIpc) is 3.09. The van der Waals surface area contributed by atoms with Gasteiger partial charge in [0, 0.05) is 23.6 Å². The topological polar surface area (TPSA) is 117 Å². The van der Waals surface area contributed by atoms with Gasteiger partial charge in [0.1, 0.15) is 11.5 Å². The molecule has 0 aliphatic carbocycles. The summed E-state index contributed by atoms with van der Waals surface area (Å²) in [5, 5.41) is 18.5. The molecule has 0 atom stereocenters. The number of rotatable bonds is 9. The number of nitrogens with one attached hydrogen (secondary N) is 1. The number of carbonyl (C=O) groups excluding carboxylic acids is 1. The number of hydrogen-bond acceptors (Lipinski definition) is 6. The van der Waals surface area contributed by atoms with Crippen LogP contribution in [0, 0.1) is 6.92 Å². The Kier molecular flexibility index (Phi) is 11.0. The molecular formula is C19H20F3NO6S2. The fraction of sp³-hybridized carbons (Fsp3) is 0.316. The first-order valence-electron chi connectivity index (χ1n) is 8.72. The minimum atomic E-state index is -5.08. The third kappa shape index (κ3) is 10.3. The molecule has 31 heavy (non-hydrogen) atoms. The van der Waals surface area contributed by atoms with Crippen molar-refractivity contribution in [2.24, 2.45) is 0 Å². The second-order valence-corrected chi connectivity index (χ2v) is 8.50. The molecule has 0 spiro atoms. The Morgan fingerprint density at radius 3 is 2.19 bits per heavy atom. The number of amides is 1. The second kappa shape index (κ2) is 13.0. The predicted octanol–water partition coefficient (Wildman–Crippen LogP) is 4.47. The Labute approximate surface area is 183 Å². The molecule has 0 saturated heterocycles. The SMILES string of the molecule is Cc1oc(-c2ccccc2)cc1C(=O)NCCSSCCC(=O)O.O=C(O)C(F)(F)F.